The predicted octanol–water partition coefficient (Wildman–Crippen LogP) is 2.50. The van der Waals surface area contributed by atoms with Crippen LogP contribution in [0.25, 0.3) is 10.9 Å². The van der Waals surface area contributed by atoms with Gasteiger partial charge in [0, 0.05) is 25.0 Å². The average molecular weight is 214 g/mol. The molecule has 3 heteroatoms. The van der Waals surface area contributed by atoms with Crippen LogP contribution in [0.2, 0.25) is 0 Å². The molecule has 1 aromatic carbocycles. The van der Waals surface area contributed by atoms with E-state index in [0.29, 0.717) is 0 Å². The second-order valence-electron chi connectivity index (χ2n) is 4.03. The molecule has 0 unspecified atom stereocenters. The van der Waals surface area contributed by atoms with Gasteiger partial charge in [-0.05, 0) is 37.3 Å². The first kappa shape index (κ1) is 10.6. The molecule has 0 aliphatic heterocycles. The number of carbonyl (C=O) groups is 1. The Morgan fingerprint density at radius 2 is 1.94 bits per heavy atom. The summed E-state index contributed by atoms with van der Waals surface area (Å²) in [6, 6.07) is 9.52. The highest BCUT2D eigenvalue weighted by Crippen LogP contribution is 2.18. The fraction of sp³-hybridized carbons (Fsp3) is 0.231. The molecule has 0 aliphatic carbocycles. The molecule has 1 heterocycles. The van der Waals surface area contributed by atoms with E-state index in [9.17, 15) is 4.79 Å². The number of anilines is 1. The third-order valence-electron chi connectivity index (χ3n) is 2.54. The fourth-order valence-corrected chi connectivity index (χ4v) is 1.58. The maximum absolute atomic E-state index is 11.2. The van der Waals surface area contributed by atoms with Gasteiger partial charge in [-0.25, -0.2) is 4.98 Å². The zero-order chi connectivity index (χ0) is 11.7. The van der Waals surface area contributed by atoms with Gasteiger partial charge in [-0.1, -0.05) is 0 Å². The molecular weight excluding hydrogens is 200 g/mol. The van der Waals surface area contributed by atoms with E-state index < -0.39 is 0 Å². The molecule has 3 nitrogen and oxygen atoms in total. The van der Waals surface area contributed by atoms with Crippen LogP contribution in [-0.2, 0) is 0 Å². The number of nitrogens with zero attached hydrogens (tertiary/aromatic N) is 2. The van der Waals surface area contributed by atoms with Crippen LogP contribution in [0.1, 0.15) is 17.3 Å². The van der Waals surface area contributed by atoms with E-state index in [-0.39, 0.29) is 5.78 Å². The van der Waals surface area contributed by atoms with Crippen LogP contribution >= 0.6 is 0 Å². The summed E-state index contributed by atoms with van der Waals surface area (Å²) in [4.78, 5) is 17.7. The van der Waals surface area contributed by atoms with Gasteiger partial charge in [-0.3, -0.25) is 4.79 Å². The number of fused-ring (bicyclic) bond motifs is 1. The van der Waals surface area contributed by atoms with Crippen molar-refractivity contribution in [2.24, 2.45) is 0 Å². The summed E-state index contributed by atoms with van der Waals surface area (Å²) < 4.78 is 0. The van der Waals surface area contributed by atoms with E-state index in [1.165, 1.54) is 0 Å². The lowest BCUT2D eigenvalue weighted by Crippen LogP contribution is -2.10. The summed E-state index contributed by atoms with van der Waals surface area (Å²) >= 11 is 0. The minimum Gasteiger partial charge on any atom is -0.363 e. The van der Waals surface area contributed by atoms with Crippen molar-refractivity contribution < 1.29 is 4.79 Å². The van der Waals surface area contributed by atoms with Gasteiger partial charge in [0.15, 0.2) is 5.78 Å². The minimum atomic E-state index is 0.0820. The van der Waals surface area contributed by atoms with Crippen molar-refractivity contribution in [2.75, 3.05) is 19.0 Å². The molecule has 16 heavy (non-hydrogen) atoms. The lowest BCUT2D eigenvalue weighted by atomic mass is 10.1. The summed E-state index contributed by atoms with van der Waals surface area (Å²) in [5.41, 5.74) is 1.64. The molecule has 0 N–H and O–H groups in total. The number of aromatic nitrogens is 1. The zero-order valence-corrected chi connectivity index (χ0v) is 9.69. The molecule has 2 aromatic rings. The highest BCUT2D eigenvalue weighted by atomic mass is 16.1. The Hall–Kier alpha value is -1.90. The van der Waals surface area contributed by atoms with Crippen LogP contribution < -0.4 is 4.90 Å². The van der Waals surface area contributed by atoms with Crippen molar-refractivity contribution in [3.8, 4) is 0 Å². The minimum absolute atomic E-state index is 0.0820. The van der Waals surface area contributed by atoms with Gasteiger partial charge < -0.3 is 4.90 Å². The maximum atomic E-state index is 11.2. The fourth-order valence-electron chi connectivity index (χ4n) is 1.58. The number of Topliss-reactive ketones (excluding diaryl/α,β-unsaturated/α-hetero) is 1. The second-order valence-corrected chi connectivity index (χ2v) is 4.03. The average Bonchev–Trinajstić information content (AvgIpc) is 2.27. The summed E-state index contributed by atoms with van der Waals surface area (Å²) in [6.07, 6.45) is 0. The zero-order valence-electron chi connectivity index (χ0n) is 9.69. The van der Waals surface area contributed by atoms with Crippen LogP contribution in [0.15, 0.2) is 30.3 Å². The van der Waals surface area contributed by atoms with E-state index in [2.05, 4.69) is 4.98 Å². The quantitative estimate of drug-likeness (QED) is 0.720. The standard InChI is InChI=1S/C13H14N2O/c1-9(16)10-4-6-12-11(8-10)5-7-13(14-12)15(2)3/h4-8H,1-3H3. The number of hydrogen-bond donors (Lipinski definition) is 0. The third kappa shape index (κ3) is 1.89. The molecule has 0 amide bonds. The van der Waals surface area contributed by atoms with Gasteiger partial charge in [-0.2, -0.15) is 0 Å². The summed E-state index contributed by atoms with van der Waals surface area (Å²) in [6.45, 7) is 1.57. The SMILES string of the molecule is CC(=O)c1ccc2nc(N(C)C)ccc2c1. The number of pyridine rings is 1. The van der Waals surface area contributed by atoms with Gasteiger partial charge in [0.1, 0.15) is 5.82 Å². The number of carbonyl (C=O) groups excluding carboxylic acids is 1. The second kappa shape index (κ2) is 3.93. The highest BCUT2D eigenvalue weighted by Gasteiger charge is 2.03. The number of hydrogen-bond acceptors (Lipinski definition) is 3. The number of rotatable bonds is 2. The molecule has 0 radical (unpaired) electrons. The highest BCUT2D eigenvalue weighted by molar-refractivity contribution is 5.98. The van der Waals surface area contributed by atoms with Crippen molar-refractivity contribution in [3.63, 3.8) is 0 Å². The molecule has 0 bridgehead atoms. The predicted molar refractivity (Wildman–Crippen MR) is 66.1 cm³/mol. The van der Waals surface area contributed by atoms with Gasteiger partial charge >= 0.3 is 0 Å². The lowest BCUT2D eigenvalue weighted by molar-refractivity contribution is 0.101. The van der Waals surface area contributed by atoms with Crippen LogP contribution in [0.3, 0.4) is 0 Å². The van der Waals surface area contributed by atoms with Crippen LogP contribution in [-0.4, -0.2) is 24.9 Å². The van der Waals surface area contributed by atoms with Crippen LogP contribution in [0.4, 0.5) is 5.82 Å². The Kier molecular flexibility index (Phi) is 2.60. The molecule has 0 saturated heterocycles. The molecule has 0 saturated carbocycles. The Morgan fingerprint density at radius 3 is 2.56 bits per heavy atom. The van der Waals surface area contributed by atoms with E-state index in [1.54, 1.807) is 6.92 Å². The van der Waals surface area contributed by atoms with Crippen molar-refractivity contribution in [1.82, 2.24) is 4.98 Å². The maximum Gasteiger partial charge on any atom is 0.159 e. The first-order valence-corrected chi connectivity index (χ1v) is 5.17. The van der Waals surface area contributed by atoms with Gasteiger partial charge in [0.05, 0.1) is 5.52 Å². The van der Waals surface area contributed by atoms with Gasteiger partial charge in [0.25, 0.3) is 0 Å². The van der Waals surface area contributed by atoms with Gasteiger partial charge in [-0.15, -0.1) is 0 Å². The van der Waals surface area contributed by atoms with E-state index in [1.807, 2.05) is 49.3 Å². The smallest absolute Gasteiger partial charge is 0.159 e. The van der Waals surface area contributed by atoms with Crippen LogP contribution in [0, 0.1) is 0 Å². The van der Waals surface area contributed by atoms with E-state index >= 15 is 0 Å². The Balaban J connectivity index is 2.57. The number of ketones is 1. The molecule has 0 atom stereocenters. The molecular formula is C13H14N2O. The molecule has 1 aromatic heterocycles. The first-order valence-electron chi connectivity index (χ1n) is 5.17. The van der Waals surface area contributed by atoms with E-state index in [0.717, 1.165) is 22.3 Å². The lowest BCUT2D eigenvalue weighted by Gasteiger charge is -2.11. The van der Waals surface area contributed by atoms with Crippen molar-refractivity contribution in [1.29, 1.82) is 0 Å². The molecule has 0 aliphatic rings. The van der Waals surface area contributed by atoms with Gasteiger partial charge in [0.2, 0.25) is 0 Å². The molecule has 82 valence electrons. The summed E-state index contributed by atoms with van der Waals surface area (Å²) in [5.74, 6) is 1.00. The Morgan fingerprint density at radius 1 is 1.19 bits per heavy atom. The molecule has 0 spiro atoms. The molecule has 2 rings (SSSR count). The first-order chi connectivity index (χ1) is 7.58. The summed E-state index contributed by atoms with van der Waals surface area (Å²) in [5, 5.41) is 0.998. The monoisotopic (exact) mass is 214 g/mol. The topological polar surface area (TPSA) is 33.2 Å². The molecule has 0 fully saturated rings. The van der Waals surface area contributed by atoms with Crippen molar-refractivity contribution >= 4 is 22.5 Å². The van der Waals surface area contributed by atoms with Crippen molar-refractivity contribution in [3.05, 3.63) is 35.9 Å². The number of benzene rings is 1. The van der Waals surface area contributed by atoms with E-state index in [4.69, 9.17) is 0 Å². The third-order valence-corrected chi connectivity index (χ3v) is 2.54. The van der Waals surface area contributed by atoms with Crippen molar-refractivity contribution in [2.45, 2.75) is 6.92 Å². The normalized spacial score (nSPS) is 10.4. The Bertz CT molecular complexity index is 547. The Labute approximate surface area is 94.7 Å². The largest absolute Gasteiger partial charge is 0.363 e. The summed E-state index contributed by atoms with van der Waals surface area (Å²) in [7, 11) is 3.91. The van der Waals surface area contributed by atoms with Crippen LogP contribution in [0.5, 0.6) is 0 Å².